The Morgan fingerprint density at radius 1 is 1.42 bits per heavy atom. The summed E-state index contributed by atoms with van der Waals surface area (Å²) in [6.45, 7) is 5.13. The molecule has 0 saturated carbocycles. The maximum atomic E-state index is 15.2. The van der Waals surface area contributed by atoms with Gasteiger partial charge in [-0.2, -0.15) is 0 Å². The van der Waals surface area contributed by atoms with E-state index in [4.69, 9.17) is 0 Å². The quantitative estimate of drug-likeness (QED) is 0.898. The molecule has 0 radical (unpaired) electrons. The third-order valence-corrected chi connectivity index (χ3v) is 4.55. The molecular formula is C17H18F3N3O3. The fraction of sp³-hybridized carbons (Fsp3) is 0.412. The minimum absolute atomic E-state index is 0.0494. The summed E-state index contributed by atoms with van der Waals surface area (Å²) in [7, 11) is 0. The van der Waals surface area contributed by atoms with Gasteiger partial charge in [-0.3, -0.25) is 4.79 Å². The zero-order valence-corrected chi connectivity index (χ0v) is 14.3. The van der Waals surface area contributed by atoms with E-state index in [-0.39, 0.29) is 29.2 Å². The van der Waals surface area contributed by atoms with E-state index in [0.717, 1.165) is 12.3 Å². The molecule has 2 heterocycles. The maximum absolute atomic E-state index is 15.2. The molecule has 6 nitrogen and oxygen atoms in total. The number of nitrogens with one attached hydrogen (secondary N) is 1. The molecule has 0 aliphatic carbocycles. The van der Waals surface area contributed by atoms with Crippen LogP contribution in [0.2, 0.25) is 0 Å². The van der Waals surface area contributed by atoms with Crippen molar-refractivity contribution in [2.75, 3.05) is 24.5 Å². The number of benzene rings is 1. The lowest BCUT2D eigenvalue weighted by Crippen LogP contribution is -2.49. The molecule has 26 heavy (non-hydrogen) atoms. The van der Waals surface area contributed by atoms with Gasteiger partial charge in [-0.1, -0.05) is 0 Å². The lowest BCUT2D eigenvalue weighted by atomic mass is 10.1. The minimum Gasteiger partial charge on any atom is -0.364 e. The third kappa shape index (κ3) is 2.92. The number of rotatable bonds is 3. The second-order valence-corrected chi connectivity index (χ2v) is 6.24. The van der Waals surface area contributed by atoms with Crippen molar-refractivity contribution in [3.8, 4) is 0 Å². The highest BCUT2D eigenvalue weighted by atomic mass is 19.3. The van der Waals surface area contributed by atoms with Gasteiger partial charge in [-0.25, -0.2) is 18.5 Å². The number of anilines is 1. The van der Waals surface area contributed by atoms with Crippen LogP contribution < -0.4 is 15.6 Å². The molecule has 1 aromatic heterocycles. The number of hydrogen-bond acceptors (Lipinski definition) is 5. The smallest absolute Gasteiger partial charge is 0.364 e. The molecular weight excluding hydrogens is 351 g/mol. The van der Waals surface area contributed by atoms with Crippen LogP contribution in [0.15, 0.2) is 17.1 Å². The lowest BCUT2D eigenvalue weighted by molar-refractivity contribution is -0.0789. The molecule has 9 heteroatoms. The van der Waals surface area contributed by atoms with Crippen LogP contribution in [0.1, 0.15) is 24.2 Å². The molecule has 1 saturated heterocycles. The summed E-state index contributed by atoms with van der Waals surface area (Å²) in [5.41, 5.74) is -1.95. The number of halogens is 3. The summed E-state index contributed by atoms with van der Waals surface area (Å²) in [5, 5.41) is 2.85. The normalized spacial score (nSPS) is 17.6. The molecule has 1 aliphatic heterocycles. The first-order valence-corrected chi connectivity index (χ1v) is 8.25. The summed E-state index contributed by atoms with van der Waals surface area (Å²) >= 11 is 0. The van der Waals surface area contributed by atoms with Crippen molar-refractivity contribution in [3.63, 3.8) is 0 Å². The van der Waals surface area contributed by atoms with Gasteiger partial charge in [0, 0.05) is 42.9 Å². The zero-order chi connectivity index (χ0) is 19.0. The van der Waals surface area contributed by atoms with Crippen molar-refractivity contribution in [2.45, 2.75) is 26.4 Å². The van der Waals surface area contributed by atoms with Gasteiger partial charge in [0.25, 0.3) is 0 Å². The molecule has 2 aromatic rings. The van der Waals surface area contributed by atoms with Gasteiger partial charge in [-0.05, 0) is 19.9 Å². The zero-order valence-electron chi connectivity index (χ0n) is 14.3. The monoisotopic (exact) mass is 369 g/mol. The van der Waals surface area contributed by atoms with Gasteiger partial charge in [0.2, 0.25) is 5.43 Å². The fourth-order valence-electron chi connectivity index (χ4n) is 3.34. The number of nitrogens with zero attached hydrogens (tertiary/aromatic N) is 2. The lowest BCUT2D eigenvalue weighted by Gasteiger charge is -2.34. The molecule has 1 atom stereocenters. The van der Waals surface area contributed by atoms with Crippen LogP contribution in [-0.4, -0.2) is 36.2 Å². The van der Waals surface area contributed by atoms with Crippen LogP contribution in [0.4, 0.5) is 19.0 Å². The Morgan fingerprint density at radius 2 is 2.15 bits per heavy atom. The van der Waals surface area contributed by atoms with E-state index in [1.54, 1.807) is 11.8 Å². The van der Waals surface area contributed by atoms with E-state index in [1.165, 1.54) is 4.57 Å². The van der Waals surface area contributed by atoms with Crippen molar-refractivity contribution in [2.24, 2.45) is 0 Å². The Labute approximate surface area is 147 Å². The van der Waals surface area contributed by atoms with Crippen LogP contribution in [-0.2, 0) is 11.5 Å². The van der Waals surface area contributed by atoms with Crippen LogP contribution in [0.3, 0.4) is 0 Å². The molecule has 1 aromatic carbocycles. The van der Waals surface area contributed by atoms with Gasteiger partial charge in [0.1, 0.15) is 17.1 Å². The largest absolute Gasteiger partial charge is 0.384 e. The molecule has 1 fully saturated rings. The molecule has 1 unspecified atom stereocenters. The highest BCUT2D eigenvalue weighted by Crippen LogP contribution is 2.30. The standard InChI is InChI=1S/C17H18F3N3O3/c1-3-22-8-11(17(25)26-20)16(24)10-6-12(18)15(13(19)14(10)22)23-5-4-21-9(2)7-23/h6,8-9,21H,3-5,7H2,1-2H3. The van der Waals surface area contributed by atoms with E-state index < -0.39 is 28.6 Å². The first-order chi connectivity index (χ1) is 12.4. The number of fused-ring (bicyclic) bond motifs is 1. The van der Waals surface area contributed by atoms with E-state index in [2.05, 4.69) is 10.3 Å². The average molecular weight is 369 g/mol. The summed E-state index contributed by atoms with van der Waals surface area (Å²) < 4.78 is 43.4. The predicted molar refractivity (Wildman–Crippen MR) is 90.0 cm³/mol. The van der Waals surface area contributed by atoms with Gasteiger partial charge >= 0.3 is 5.97 Å². The van der Waals surface area contributed by atoms with Crippen LogP contribution in [0.5, 0.6) is 0 Å². The molecule has 0 amide bonds. The second kappa shape index (κ2) is 6.99. The molecule has 3 rings (SSSR count). The summed E-state index contributed by atoms with van der Waals surface area (Å²) in [5.74, 6) is -3.29. The Kier molecular flexibility index (Phi) is 4.90. The number of carbonyl (C=O) groups excluding carboxylic acids is 1. The minimum atomic E-state index is -1.50. The van der Waals surface area contributed by atoms with E-state index >= 15 is 4.39 Å². The number of piperazine rings is 1. The molecule has 0 spiro atoms. The number of pyridine rings is 1. The molecule has 1 N–H and O–H groups in total. The Morgan fingerprint density at radius 3 is 2.77 bits per heavy atom. The highest BCUT2D eigenvalue weighted by molar-refractivity contribution is 5.94. The first-order valence-electron chi connectivity index (χ1n) is 8.25. The van der Waals surface area contributed by atoms with Crippen molar-refractivity contribution < 1.29 is 23.0 Å². The van der Waals surface area contributed by atoms with Crippen molar-refractivity contribution in [1.29, 1.82) is 0 Å². The summed E-state index contributed by atoms with van der Waals surface area (Å²) in [4.78, 5) is 28.5. The average Bonchev–Trinajstić information content (AvgIpc) is 2.62. The van der Waals surface area contributed by atoms with E-state index in [1.807, 2.05) is 6.92 Å². The Bertz CT molecular complexity index is 929. The fourth-order valence-corrected chi connectivity index (χ4v) is 3.34. The number of aryl methyl sites for hydroxylation is 1. The number of hydrogen-bond donors (Lipinski definition) is 1. The van der Waals surface area contributed by atoms with Crippen LogP contribution in [0.25, 0.3) is 10.9 Å². The molecule has 140 valence electrons. The van der Waals surface area contributed by atoms with Gasteiger partial charge in [0.05, 0.1) is 10.9 Å². The number of carbonyl (C=O) groups is 1. The van der Waals surface area contributed by atoms with Crippen LogP contribution in [0, 0.1) is 11.6 Å². The van der Waals surface area contributed by atoms with Crippen molar-refractivity contribution in [3.05, 3.63) is 39.7 Å². The highest BCUT2D eigenvalue weighted by Gasteiger charge is 2.27. The van der Waals surface area contributed by atoms with E-state index in [9.17, 15) is 18.5 Å². The van der Waals surface area contributed by atoms with Gasteiger partial charge in [0.15, 0.2) is 5.82 Å². The van der Waals surface area contributed by atoms with Gasteiger partial charge < -0.3 is 14.8 Å². The van der Waals surface area contributed by atoms with Crippen molar-refractivity contribution in [1.82, 2.24) is 9.88 Å². The van der Waals surface area contributed by atoms with Crippen molar-refractivity contribution >= 4 is 22.6 Å². The Balaban J connectivity index is 2.29. The first kappa shape index (κ1) is 18.2. The second-order valence-electron chi connectivity index (χ2n) is 6.24. The van der Waals surface area contributed by atoms with Gasteiger partial charge in [-0.15, -0.1) is 0 Å². The predicted octanol–water partition coefficient (Wildman–Crippen LogP) is 2.14. The summed E-state index contributed by atoms with van der Waals surface area (Å²) in [6.07, 6.45) is 1.03. The third-order valence-electron chi connectivity index (χ3n) is 4.55. The maximum Gasteiger partial charge on any atom is 0.384 e. The SMILES string of the molecule is CCn1cc(C(=O)OF)c(=O)c2cc(F)c(N3CCNC(C)C3)c(F)c21. The molecule has 0 bridgehead atoms. The van der Waals surface area contributed by atoms with Crippen LogP contribution >= 0.6 is 0 Å². The van der Waals surface area contributed by atoms with E-state index in [0.29, 0.717) is 19.6 Å². The molecule has 1 aliphatic rings. The topological polar surface area (TPSA) is 63.6 Å². The number of aromatic nitrogens is 1. The summed E-state index contributed by atoms with van der Waals surface area (Å²) in [6, 6.07) is 0.942. The Hall–Kier alpha value is -2.55.